The molecule has 1 heterocycles. The van der Waals surface area contributed by atoms with Gasteiger partial charge in [0.15, 0.2) is 10.9 Å². The van der Waals surface area contributed by atoms with Crippen molar-refractivity contribution in [3.63, 3.8) is 0 Å². The summed E-state index contributed by atoms with van der Waals surface area (Å²) in [5.74, 6) is 1.41. The molecule has 0 saturated heterocycles. The topological polar surface area (TPSA) is 27.1 Å². The summed E-state index contributed by atoms with van der Waals surface area (Å²) in [4.78, 5) is 0. The molecule has 0 aliphatic heterocycles. The molecule has 0 amide bonds. The van der Waals surface area contributed by atoms with Gasteiger partial charge in [-0.2, -0.15) is 5.10 Å². The van der Waals surface area contributed by atoms with Crippen molar-refractivity contribution in [2.75, 3.05) is 0 Å². The third kappa shape index (κ3) is 2.03. The van der Waals surface area contributed by atoms with Gasteiger partial charge in [-0.1, -0.05) is 29.8 Å². The predicted octanol–water partition coefficient (Wildman–Crippen LogP) is 4.05. The number of hydrogen-bond donors (Lipinski definition) is 0. The number of rotatable bonds is 3. The first kappa shape index (κ1) is 10.7. The third-order valence-electron chi connectivity index (χ3n) is 3.10. The minimum Gasteiger partial charge on any atom is -0.452 e. The van der Waals surface area contributed by atoms with Gasteiger partial charge in [-0.05, 0) is 31.4 Å². The van der Waals surface area contributed by atoms with E-state index in [9.17, 15) is 0 Å². The van der Waals surface area contributed by atoms with E-state index < -0.39 is 0 Å². The Morgan fingerprint density at radius 1 is 1.24 bits per heavy atom. The lowest BCUT2D eigenvalue weighted by Gasteiger charge is -2.26. The highest BCUT2D eigenvalue weighted by molar-refractivity contribution is 6.31. The molecular weight excluding hydrogens is 236 g/mol. The van der Waals surface area contributed by atoms with Crippen LogP contribution in [-0.4, -0.2) is 9.78 Å². The molecule has 3 rings (SSSR count). The summed E-state index contributed by atoms with van der Waals surface area (Å²) in [6, 6.07) is 10.1. The van der Waals surface area contributed by atoms with Gasteiger partial charge in [0.25, 0.3) is 0 Å². The van der Waals surface area contributed by atoms with Gasteiger partial charge in [0, 0.05) is 0 Å². The monoisotopic (exact) mass is 248 g/mol. The van der Waals surface area contributed by atoms with Crippen LogP contribution in [0.25, 0.3) is 0 Å². The Morgan fingerprint density at radius 3 is 2.65 bits per heavy atom. The standard InChI is InChI=1S/C13H13ClN2O/c14-13-12(17-11-7-2-1-3-8-11)9-15-16(13)10-5-4-6-10/h1-3,7-10H,4-6H2. The van der Waals surface area contributed by atoms with Crippen LogP contribution in [0, 0.1) is 0 Å². The minimum atomic E-state index is 0.454. The van der Waals surface area contributed by atoms with Crippen molar-refractivity contribution in [2.45, 2.75) is 25.3 Å². The summed E-state index contributed by atoms with van der Waals surface area (Å²) in [5.41, 5.74) is 0. The Hall–Kier alpha value is -1.48. The van der Waals surface area contributed by atoms with Gasteiger partial charge in [0.05, 0.1) is 12.2 Å². The minimum absolute atomic E-state index is 0.454. The van der Waals surface area contributed by atoms with Gasteiger partial charge in [-0.15, -0.1) is 0 Å². The maximum absolute atomic E-state index is 6.26. The average Bonchev–Trinajstić information content (AvgIpc) is 2.61. The van der Waals surface area contributed by atoms with E-state index in [4.69, 9.17) is 16.3 Å². The Balaban J connectivity index is 1.82. The smallest absolute Gasteiger partial charge is 0.184 e. The van der Waals surface area contributed by atoms with Crippen molar-refractivity contribution >= 4 is 11.6 Å². The summed E-state index contributed by atoms with van der Waals surface area (Å²) in [6.45, 7) is 0. The van der Waals surface area contributed by atoms with Crippen LogP contribution in [0.1, 0.15) is 25.3 Å². The quantitative estimate of drug-likeness (QED) is 0.819. The van der Waals surface area contributed by atoms with Gasteiger partial charge in [-0.3, -0.25) is 0 Å². The van der Waals surface area contributed by atoms with Crippen molar-refractivity contribution in [1.82, 2.24) is 9.78 Å². The fourth-order valence-electron chi connectivity index (χ4n) is 1.90. The lowest BCUT2D eigenvalue weighted by molar-refractivity contribution is 0.289. The van der Waals surface area contributed by atoms with E-state index in [-0.39, 0.29) is 0 Å². The molecule has 17 heavy (non-hydrogen) atoms. The number of hydrogen-bond acceptors (Lipinski definition) is 2. The lowest BCUT2D eigenvalue weighted by Crippen LogP contribution is -2.18. The zero-order valence-electron chi connectivity index (χ0n) is 9.34. The van der Waals surface area contributed by atoms with Crippen molar-refractivity contribution in [3.8, 4) is 11.5 Å². The van der Waals surface area contributed by atoms with Crippen LogP contribution < -0.4 is 4.74 Å². The Morgan fingerprint density at radius 2 is 2.00 bits per heavy atom. The van der Waals surface area contributed by atoms with E-state index in [1.807, 2.05) is 35.0 Å². The highest BCUT2D eigenvalue weighted by Gasteiger charge is 2.24. The molecule has 0 spiro atoms. The molecule has 1 aliphatic rings. The Labute approximate surface area is 105 Å². The van der Waals surface area contributed by atoms with Crippen LogP contribution >= 0.6 is 11.6 Å². The van der Waals surface area contributed by atoms with Crippen molar-refractivity contribution in [2.24, 2.45) is 0 Å². The normalized spacial score (nSPS) is 15.6. The molecule has 0 unspecified atom stereocenters. The van der Waals surface area contributed by atoms with Crippen molar-refractivity contribution in [3.05, 3.63) is 41.7 Å². The van der Waals surface area contributed by atoms with Gasteiger partial charge in [0.2, 0.25) is 0 Å². The molecule has 88 valence electrons. The highest BCUT2D eigenvalue weighted by atomic mass is 35.5. The largest absolute Gasteiger partial charge is 0.452 e. The SMILES string of the molecule is Clc1c(Oc2ccccc2)cnn1C1CCC1. The number of benzene rings is 1. The number of aromatic nitrogens is 2. The first-order valence-corrected chi connectivity index (χ1v) is 6.18. The molecule has 1 aromatic carbocycles. The maximum Gasteiger partial charge on any atom is 0.184 e. The first-order chi connectivity index (χ1) is 8.34. The predicted molar refractivity (Wildman–Crippen MR) is 66.6 cm³/mol. The number of ether oxygens (including phenoxy) is 1. The van der Waals surface area contributed by atoms with E-state index in [1.54, 1.807) is 6.20 Å². The molecule has 1 saturated carbocycles. The third-order valence-corrected chi connectivity index (χ3v) is 3.45. The zero-order chi connectivity index (χ0) is 11.7. The van der Waals surface area contributed by atoms with Crippen LogP contribution in [0.15, 0.2) is 36.5 Å². The number of nitrogens with zero attached hydrogens (tertiary/aromatic N) is 2. The lowest BCUT2D eigenvalue weighted by atomic mass is 9.93. The second kappa shape index (κ2) is 4.41. The van der Waals surface area contributed by atoms with Crippen LogP contribution in [0.4, 0.5) is 0 Å². The number of halogens is 1. The molecule has 1 aliphatic carbocycles. The van der Waals surface area contributed by atoms with E-state index in [1.165, 1.54) is 6.42 Å². The first-order valence-electron chi connectivity index (χ1n) is 5.80. The fraction of sp³-hybridized carbons (Fsp3) is 0.308. The molecule has 4 heteroatoms. The second-order valence-electron chi connectivity index (χ2n) is 4.24. The molecule has 0 N–H and O–H groups in total. The molecule has 0 bridgehead atoms. The summed E-state index contributed by atoms with van der Waals surface area (Å²) in [7, 11) is 0. The van der Waals surface area contributed by atoms with Crippen LogP contribution in [0.2, 0.25) is 5.15 Å². The Kier molecular flexibility index (Phi) is 2.77. The van der Waals surface area contributed by atoms with E-state index in [0.29, 0.717) is 16.9 Å². The van der Waals surface area contributed by atoms with Crippen LogP contribution in [0.5, 0.6) is 11.5 Å². The second-order valence-corrected chi connectivity index (χ2v) is 4.60. The molecule has 1 aromatic heterocycles. The summed E-state index contributed by atoms with van der Waals surface area (Å²) in [5, 5.41) is 4.89. The highest BCUT2D eigenvalue weighted by Crippen LogP contribution is 2.37. The van der Waals surface area contributed by atoms with Crippen molar-refractivity contribution < 1.29 is 4.74 Å². The summed E-state index contributed by atoms with van der Waals surface area (Å²) in [6.07, 6.45) is 5.27. The Bertz CT molecular complexity index is 505. The molecule has 0 atom stereocenters. The molecule has 2 aromatic rings. The number of para-hydroxylation sites is 1. The molecular formula is C13H13ClN2O. The molecule has 1 fully saturated rings. The summed E-state index contributed by atoms with van der Waals surface area (Å²) < 4.78 is 7.56. The van der Waals surface area contributed by atoms with Gasteiger partial charge < -0.3 is 4.74 Å². The van der Waals surface area contributed by atoms with Gasteiger partial charge in [-0.25, -0.2) is 4.68 Å². The zero-order valence-corrected chi connectivity index (χ0v) is 10.1. The van der Waals surface area contributed by atoms with Crippen LogP contribution in [0.3, 0.4) is 0 Å². The van der Waals surface area contributed by atoms with E-state index in [2.05, 4.69) is 5.10 Å². The molecule has 0 radical (unpaired) electrons. The summed E-state index contributed by atoms with van der Waals surface area (Å²) >= 11 is 6.26. The van der Waals surface area contributed by atoms with E-state index in [0.717, 1.165) is 18.6 Å². The van der Waals surface area contributed by atoms with E-state index >= 15 is 0 Å². The average molecular weight is 249 g/mol. The van der Waals surface area contributed by atoms with Gasteiger partial charge in [0.1, 0.15) is 5.75 Å². The van der Waals surface area contributed by atoms with Gasteiger partial charge >= 0.3 is 0 Å². The fourth-order valence-corrected chi connectivity index (χ4v) is 2.17. The maximum atomic E-state index is 6.26. The van der Waals surface area contributed by atoms with Crippen molar-refractivity contribution in [1.29, 1.82) is 0 Å². The molecule has 3 nitrogen and oxygen atoms in total. The van der Waals surface area contributed by atoms with Crippen LogP contribution in [-0.2, 0) is 0 Å².